The Morgan fingerprint density at radius 3 is 2.75 bits per heavy atom. The highest BCUT2D eigenvalue weighted by atomic mass is 32.2. The molecule has 1 saturated heterocycles. The van der Waals surface area contributed by atoms with E-state index in [0.29, 0.717) is 20.7 Å². The summed E-state index contributed by atoms with van der Waals surface area (Å²) in [5, 5.41) is 10.8. The van der Waals surface area contributed by atoms with E-state index in [1.165, 1.54) is 11.3 Å². The number of aromatic nitrogens is 1. The summed E-state index contributed by atoms with van der Waals surface area (Å²) in [6, 6.07) is 6.95. The molecule has 3 rings (SSSR count). The Labute approximate surface area is 146 Å². The van der Waals surface area contributed by atoms with Crippen LogP contribution in [0, 0.1) is 5.41 Å². The molecule has 0 aliphatic carbocycles. The van der Waals surface area contributed by atoms with Crippen LogP contribution < -0.4 is 10.5 Å². The SMILES string of the molecule is N=C1S/C(=C\c2ccc(OCC(N)=O)cc2)C(=O)[C@H]1c1nccs1. The third-order valence-corrected chi connectivity index (χ3v) is 5.08. The minimum absolute atomic E-state index is 0.103. The number of hydrogen-bond donors (Lipinski definition) is 2. The maximum absolute atomic E-state index is 12.5. The lowest BCUT2D eigenvalue weighted by atomic mass is 10.1. The molecule has 1 atom stereocenters. The molecule has 1 aliphatic heterocycles. The van der Waals surface area contributed by atoms with Gasteiger partial charge in [-0.2, -0.15) is 0 Å². The van der Waals surface area contributed by atoms with Gasteiger partial charge in [0, 0.05) is 11.6 Å². The lowest BCUT2D eigenvalue weighted by Crippen LogP contribution is -2.19. The number of ketones is 1. The molecular formula is C16H13N3O3S2. The second kappa shape index (κ2) is 6.98. The average molecular weight is 359 g/mol. The number of thioether (sulfide) groups is 1. The molecule has 2 heterocycles. The molecule has 1 aromatic heterocycles. The lowest BCUT2D eigenvalue weighted by Gasteiger charge is -2.04. The van der Waals surface area contributed by atoms with Crippen molar-refractivity contribution in [2.45, 2.75) is 5.92 Å². The molecule has 0 unspecified atom stereocenters. The number of Topliss-reactive ketones (excluding diaryl/α,β-unsaturated/α-hetero) is 1. The number of ether oxygens (including phenoxy) is 1. The van der Waals surface area contributed by atoms with Crippen LogP contribution in [-0.4, -0.2) is 28.3 Å². The van der Waals surface area contributed by atoms with Crippen molar-refractivity contribution in [2.24, 2.45) is 5.73 Å². The van der Waals surface area contributed by atoms with E-state index < -0.39 is 11.8 Å². The molecule has 24 heavy (non-hydrogen) atoms. The number of thiazole rings is 1. The molecule has 3 N–H and O–H groups in total. The molecule has 122 valence electrons. The number of carbonyl (C=O) groups is 2. The van der Waals surface area contributed by atoms with E-state index in [9.17, 15) is 9.59 Å². The Balaban J connectivity index is 1.76. The van der Waals surface area contributed by atoms with Gasteiger partial charge in [0.2, 0.25) is 0 Å². The van der Waals surface area contributed by atoms with Gasteiger partial charge in [0.1, 0.15) is 16.7 Å². The first kappa shape index (κ1) is 16.4. The quantitative estimate of drug-likeness (QED) is 0.798. The van der Waals surface area contributed by atoms with Gasteiger partial charge in [-0.3, -0.25) is 15.0 Å². The second-order valence-corrected chi connectivity index (χ2v) is 6.98. The molecule has 8 heteroatoms. The maximum Gasteiger partial charge on any atom is 0.255 e. The first-order valence-corrected chi connectivity index (χ1v) is 8.67. The summed E-state index contributed by atoms with van der Waals surface area (Å²) >= 11 is 2.54. The second-order valence-electron chi connectivity index (χ2n) is 4.97. The van der Waals surface area contributed by atoms with Crippen molar-refractivity contribution < 1.29 is 14.3 Å². The van der Waals surface area contributed by atoms with Crippen molar-refractivity contribution in [1.29, 1.82) is 5.41 Å². The fourth-order valence-electron chi connectivity index (χ4n) is 2.16. The molecule has 2 aromatic rings. The largest absolute Gasteiger partial charge is 0.484 e. The Kier molecular flexibility index (Phi) is 4.77. The number of nitrogens with two attached hydrogens (primary N) is 1. The normalized spacial score (nSPS) is 19.0. The molecule has 1 aliphatic rings. The van der Waals surface area contributed by atoms with Crippen molar-refractivity contribution in [3.8, 4) is 5.75 Å². The zero-order valence-corrected chi connectivity index (χ0v) is 14.0. The Bertz CT molecular complexity index is 814. The van der Waals surface area contributed by atoms with Crippen molar-refractivity contribution in [2.75, 3.05) is 6.61 Å². The van der Waals surface area contributed by atoms with E-state index in [1.807, 2.05) is 0 Å². The zero-order chi connectivity index (χ0) is 17.1. The van der Waals surface area contributed by atoms with E-state index in [4.69, 9.17) is 15.9 Å². The van der Waals surface area contributed by atoms with Crippen LogP contribution in [-0.2, 0) is 9.59 Å². The highest BCUT2D eigenvalue weighted by Gasteiger charge is 2.38. The molecule has 0 saturated carbocycles. The summed E-state index contributed by atoms with van der Waals surface area (Å²) in [6.45, 7) is -0.179. The third-order valence-electron chi connectivity index (χ3n) is 3.24. The van der Waals surface area contributed by atoms with Crippen LogP contribution in [0.25, 0.3) is 6.08 Å². The van der Waals surface area contributed by atoms with E-state index in [1.54, 1.807) is 41.9 Å². The van der Waals surface area contributed by atoms with Gasteiger partial charge < -0.3 is 10.5 Å². The Hall–Kier alpha value is -2.45. The Morgan fingerprint density at radius 2 is 2.12 bits per heavy atom. The molecule has 1 aromatic carbocycles. The number of amides is 1. The fourth-order valence-corrected chi connectivity index (χ4v) is 3.96. The molecule has 0 radical (unpaired) electrons. The van der Waals surface area contributed by atoms with Gasteiger partial charge in [0.05, 0.1) is 9.95 Å². The monoisotopic (exact) mass is 359 g/mol. The molecular weight excluding hydrogens is 346 g/mol. The summed E-state index contributed by atoms with van der Waals surface area (Å²) in [7, 11) is 0. The average Bonchev–Trinajstić information content (AvgIpc) is 3.15. The van der Waals surface area contributed by atoms with Crippen LogP contribution in [0.1, 0.15) is 16.5 Å². The highest BCUT2D eigenvalue weighted by molar-refractivity contribution is 8.19. The summed E-state index contributed by atoms with van der Waals surface area (Å²) < 4.78 is 5.19. The van der Waals surface area contributed by atoms with Crippen LogP contribution in [0.5, 0.6) is 5.75 Å². The van der Waals surface area contributed by atoms with Gasteiger partial charge in [0.15, 0.2) is 12.4 Å². The fraction of sp³-hybridized carbons (Fsp3) is 0.125. The van der Waals surface area contributed by atoms with Crippen LogP contribution >= 0.6 is 23.1 Å². The number of hydrogen-bond acceptors (Lipinski definition) is 7. The Morgan fingerprint density at radius 1 is 1.38 bits per heavy atom. The molecule has 6 nitrogen and oxygen atoms in total. The minimum Gasteiger partial charge on any atom is -0.484 e. The first-order chi connectivity index (χ1) is 11.5. The maximum atomic E-state index is 12.5. The number of rotatable bonds is 5. The van der Waals surface area contributed by atoms with Crippen LogP contribution in [0.4, 0.5) is 0 Å². The number of benzene rings is 1. The van der Waals surface area contributed by atoms with Gasteiger partial charge in [-0.15, -0.1) is 11.3 Å². The number of allylic oxidation sites excluding steroid dienone is 1. The third kappa shape index (κ3) is 3.55. The van der Waals surface area contributed by atoms with Crippen LogP contribution in [0.2, 0.25) is 0 Å². The van der Waals surface area contributed by atoms with Crippen LogP contribution in [0.3, 0.4) is 0 Å². The topological polar surface area (TPSA) is 106 Å². The number of primary amides is 1. The van der Waals surface area contributed by atoms with E-state index in [0.717, 1.165) is 17.3 Å². The summed E-state index contributed by atoms with van der Waals surface area (Å²) in [6.07, 6.45) is 3.38. The molecule has 0 bridgehead atoms. The predicted molar refractivity (Wildman–Crippen MR) is 94.3 cm³/mol. The summed E-state index contributed by atoms with van der Waals surface area (Å²) in [4.78, 5) is 27.9. The van der Waals surface area contributed by atoms with Gasteiger partial charge in [0.25, 0.3) is 5.91 Å². The van der Waals surface area contributed by atoms with E-state index in [2.05, 4.69) is 4.98 Å². The lowest BCUT2D eigenvalue weighted by molar-refractivity contribution is -0.120. The smallest absolute Gasteiger partial charge is 0.255 e. The van der Waals surface area contributed by atoms with Gasteiger partial charge in [-0.1, -0.05) is 23.9 Å². The van der Waals surface area contributed by atoms with Crippen molar-refractivity contribution >= 4 is 45.9 Å². The van der Waals surface area contributed by atoms with Crippen molar-refractivity contribution in [1.82, 2.24) is 4.98 Å². The highest BCUT2D eigenvalue weighted by Crippen LogP contribution is 2.41. The molecule has 1 fully saturated rings. The summed E-state index contributed by atoms with van der Waals surface area (Å²) in [5.41, 5.74) is 5.83. The molecule has 0 spiro atoms. The van der Waals surface area contributed by atoms with Crippen molar-refractivity contribution in [3.63, 3.8) is 0 Å². The van der Waals surface area contributed by atoms with E-state index >= 15 is 0 Å². The minimum atomic E-state index is -0.584. The number of carbonyl (C=O) groups excluding carboxylic acids is 2. The van der Waals surface area contributed by atoms with Gasteiger partial charge in [-0.25, -0.2) is 4.98 Å². The first-order valence-electron chi connectivity index (χ1n) is 6.97. The summed E-state index contributed by atoms with van der Waals surface area (Å²) in [5.74, 6) is -0.705. The molecule has 1 amide bonds. The van der Waals surface area contributed by atoms with Gasteiger partial charge >= 0.3 is 0 Å². The number of nitrogens with one attached hydrogen (secondary N) is 1. The predicted octanol–water partition coefficient (Wildman–Crippen LogP) is 2.43. The van der Waals surface area contributed by atoms with Gasteiger partial charge in [-0.05, 0) is 23.8 Å². The van der Waals surface area contributed by atoms with Crippen LogP contribution in [0.15, 0.2) is 40.7 Å². The van der Waals surface area contributed by atoms with Crippen molar-refractivity contribution in [3.05, 3.63) is 51.3 Å². The van der Waals surface area contributed by atoms with E-state index in [-0.39, 0.29) is 12.4 Å². The standard InChI is InChI=1S/C16H13N3O3S2/c17-12(20)8-22-10-3-1-9(2-4-10)7-11-14(21)13(15(18)24-11)16-19-5-6-23-16/h1-7,13,18H,8H2,(H2,17,20)/b11-7-,18-15?/t13-/m1/s1. The zero-order valence-electron chi connectivity index (χ0n) is 12.4. The number of nitrogens with zero attached hydrogens (tertiary/aromatic N) is 1.